The minimum absolute atomic E-state index is 0.0507. The second-order valence-corrected chi connectivity index (χ2v) is 6.71. The SMILES string of the molecule is CC(C)NC(=O)Nc1ccc(NC(=O)C2CCC(C(=O)O)CC2)cc1. The molecule has 1 aliphatic rings. The number of carboxylic acids is 1. The van der Waals surface area contributed by atoms with E-state index in [1.807, 2.05) is 13.8 Å². The molecule has 136 valence electrons. The molecule has 1 aromatic carbocycles. The van der Waals surface area contributed by atoms with Gasteiger partial charge in [0.1, 0.15) is 0 Å². The summed E-state index contributed by atoms with van der Waals surface area (Å²) in [6.07, 6.45) is 2.28. The van der Waals surface area contributed by atoms with Gasteiger partial charge in [-0.2, -0.15) is 0 Å². The lowest BCUT2D eigenvalue weighted by atomic mass is 9.81. The van der Waals surface area contributed by atoms with Gasteiger partial charge >= 0.3 is 12.0 Å². The predicted octanol–water partition coefficient (Wildman–Crippen LogP) is 3.05. The molecule has 0 heterocycles. The van der Waals surface area contributed by atoms with Crippen LogP contribution in [0.5, 0.6) is 0 Å². The van der Waals surface area contributed by atoms with E-state index in [0.29, 0.717) is 37.1 Å². The third kappa shape index (κ3) is 5.77. The Morgan fingerprint density at radius 2 is 1.40 bits per heavy atom. The number of aliphatic carboxylic acids is 1. The molecule has 0 unspecified atom stereocenters. The fourth-order valence-electron chi connectivity index (χ4n) is 2.91. The molecule has 1 aromatic rings. The van der Waals surface area contributed by atoms with E-state index in [9.17, 15) is 14.4 Å². The van der Waals surface area contributed by atoms with Crippen LogP contribution in [0.2, 0.25) is 0 Å². The van der Waals surface area contributed by atoms with Gasteiger partial charge in [0.2, 0.25) is 5.91 Å². The van der Waals surface area contributed by atoms with Gasteiger partial charge in [-0.3, -0.25) is 9.59 Å². The summed E-state index contributed by atoms with van der Waals surface area (Å²) in [5.41, 5.74) is 1.29. The maximum atomic E-state index is 12.3. The van der Waals surface area contributed by atoms with Gasteiger partial charge in [0.25, 0.3) is 0 Å². The summed E-state index contributed by atoms with van der Waals surface area (Å²) < 4.78 is 0. The number of carboxylic acid groups (broad SMARTS) is 1. The number of benzene rings is 1. The van der Waals surface area contributed by atoms with Crippen molar-refractivity contribution in [1.82, 2.24) is 5.32 Å². The van der Waals surface area contributed by atoms with Crippen molar-refractivity contribution in [2.75, 3.05) is 10.6 Å². The Kier molecular flexibility index (Phi) is 6.38. The lowest BCUT2D eigenvalue weighted by Crippen LogP contribution is -2.34. The quantitative estimate of drug-likeness (QED) is 0.656. The minimum Gasteiger partial charge on any atom is -0.481 e. The van der Waals surface area contributed by atoms with E-state index >= 15 is 0 Å². The summed E-state index contributed by atoms with van der Waals surface area (Å²) in [4.78, 5) is 34.9. The van der Waals surface area contributed by atoms with Crippen molar-refractivity contribution in [3.05, 3.63) is 24.3 Å². The molecule has 2 rings (SSSR count). The molecule has 0 saturated heterocycles. The Labute approximate surface area is 147 Å². The van der Waals surface area contributed by atoms with Crippen LogP contribution >= 0.6 is 0 Å². The molecular weight excluding hydrogens is 322 g/mol. The van der Waals surface area contributed by atoms with Crippen LogP contribution in [0.4, 0.5) is 16.2 Å². The molecule has 0 aromatic heterocycles. The van der Waals surface area contributed by atoms with Crippen LogP contribution in [0.3, 0.4) is 0 Å². The van der Waals surface area contributed by atoms with Crippen molar-refractivity contribution in [2.24, 2.45) is 11.8 Å². The Hall–Kier alpha value is -2.57. The largest absolute Gasteiger partial charge is 0.481 e. The molecular formula is C18H25N3O4. The van der Waals surface area contributed by atoms with Gasteiger partial charge < -0.3 is 21.1 Å². The Morgan fingerprint density at radius 1 is 0.920 bits per heavy atom. The number of nitrogens with one attached hydrogen (secondary N) is 3. The maximum Gasteiger partial charge on any atom is 0.319 e. The molecule has 1 fully saturated rings. The van der Waals surface area contributed by atoms with Crippen molar-refractivity contribution in [3.8, 4) is 0 Å². The highest BCUT2D eigenvalue weighted by Gasteiger charge is 2.29. The molecule has 0 atom stereocenters. The van der Waals surface area contributed by atoms with Crippen molar-refractivity contribution < 1.29 is 19.5 Å². The van der Waals surface area contributed by atoms with Gasteiger partial charge in [-0.15, -0.1) is 0 Å². The smallest absolute Gasteiger partial charge is 0.319 e. The average molecular weight is 347 g/mol. The number of hydrogen-bond acceptors (Lipinski definition) is 3. The first-order valence-electron chi connectivity index (χ1n) is 8.56. The summed E-state index contributed by atoms with van der Waals surface area (Å²) in [6.45, 7) is 3.75. The standard InChI is InChI=1S/C18H25N3O4/c1-11(2)19-18(25)21-15-9-7-14(8-10-15)20-16(22)12-3-5-13(6-4-12)17(23)24/h7-13H,3-6H2,1-2H3,(H,20,22)(H,23,24)(H2,19,21,25). The molecule has 4 N–H and O–H groups in total. The maximum absolute atomic E-state index is 12.3. The minimum atomic E-state index is -0.775. The van der Waals surface area contributed by atoms with E-state index in [1.54, 1.807) is 24.3 Å². The van der Waals surface area contributed by atoms with E-state index in [1.165, 1.54) is 0 Å². The third-order valence-electron chi connectivity index (χ3n) is 4.28. The van der Waals surface area contributed by atoms with Crippen molar-refractivity contribution in [3.63, 3.8) is 0 Å². The van der Waals surface area contributed by atoms with Crippen LogP contribution in [0, 0.1) is 11.8 Å². The van der Waals surface area contributed by atoms with Crippen LogP contribution in [0.15, 0.2) is 24.3 Å². The zero-order valence-electron chi connectivity index (χ0n) is 14.5. The van der Waals surface area contributed by atoms with Gasteiger partial charge in [-0.1, -0.05) is 0 Å². The van der Waals surface area contributed by atoms with Gasteiger partial charge in [-0.25, -0.2) is 4.79 Å². The van der Waals surface area contributed by atoms with E-state index in [-0.39, 0.29) is 29.8 Å². The van der Waals surface area contributed by atoms with Gasteiger partial charge in [0, 0.05) is 23.3 Å². The summed E-state index contributed by atoms with van der Waals surface area (Å²) in [6, 6.07) is 6.67. The molecule has 1 aliphatic carbocycles. The Bertz CT molecular complexity index is 620. The van der Waals surface area contributed by atoms with Gasteiger partial charge in [0.05, 0.1) is 5.92 Å². The third-order valence-corrected chi connectivity index (χ3v) is 4.28. The van der Waals surface area contributed by atoms with Crippen LogP contribution < -0.4 is 16.0 Å². The lowest BCUT2D eigenvalue weighted by Gasteiger charge is -2.25. The van der Waals surface area contributed by atoms with Crippen molar-refractivity contribution in [1.29, 1.82) is 0 Å². The van der Waals surface area contributed by atoms with E-state index in [0.717, 1.165) is 0 Å². The number of amides is 3. The monoisotopic (exact) mass is 347 g/mol. The molecule has 25 heavy (non-hydrogen) atoms. The molecule has 0 aliphatic heterocycles. The van der Waals surface area contributed by atoms with E-state index < -0.39 is 5.97 Å². The molecule has 1 saturated carbocycles. The number of anilines is 2. The van der Waals surface area contributed by atoms with E-state index in [4.69, 9.17) is 5.11 Å². The highest BCUT2D eigenvalue weighted by atomic mass is 16.4. The number of carbonyl (C=O) groups is 3. The first-order valence-corrected chi connectivity index (χ1v) is 8.56. The fourth-order valence-corrected chi connectivity index (χ4v) is 2.91. The zero-order valence-corrected chi connectivity index (χ0v) is 14.5. The van der Waals surface area contributed by atoms with Crippen LogP contribution in [-0.2, 0) is 9.59 Å². The second kappa shape index (κ2) is 8.50. The highest BCUT2D eigenvalue weighted by molar-refractivity contribution is 5.93. The van der Waals surface area contributed by atoms with Gasteiger partial charge in [0.15, 0.2) is 0 Å². The lowest BCUT2D eigenvalue weighted by molar-refractivity contribution is -0.143. The molecule has 3 amide bonds. The summed E-state index contributed by atoms with van der Waals surface area (Å²) in [5, 5.41) is 17.3. The Balaban J connectivity index is 1.83. The van der Waals surface area contributed by atoms with Gasteiger partial charge in [-0.05, 0) is 63.8 Å². The Morgan fingerprint density at radius 3 is 1.88 bits per heavy atom. The van der Waals surface area contributed by atoms with Crippen LogP contribution in [0.25, 0.3) is 0 Å². The topological polar surface area (TPSA) is 108 Å². The molecule has 0 bridgehead atoms. The van der Waals surface area contributed by atoms with E-state index in [2.05, 4.69) is 16.0 Å². The summed E-state index contributed by atoms with van der Waals surface area (Å²) >= 11 is 0. The van der Waals surface area contributed by atoms with Crippen molar-refractivity contribution >= 4 is 29.3 Å². The number of carbonyl (C=O) groups excluding carboxylic acids is 2. The first kappa shape index (κ1) is 18.8. The van der Waals surface area contributed by atoms with Crippen molar-refractivity contribution in [2.45, 2.75) is 45.6 Å². The fraction of sp³-hybridized carbons (Fsp3) is 0.500. The second-order valence-electron chi connectivity index (χ2n) is 6.71. The number of urea groups is 1. The first-order chi connectivity index (χ1) is 11.8. The summed E-state index contributed by atoms with van der Waals surface area (Å²) in [5.74, 6) is -1.33. The average Bonchev–Trinajstić information content (AvgIpc) is 2.56. The molecule has 0 spiro atoms. The van der Waals surface area contributed by atoms with Crippen LogP contribution in [-0.4, -0.2) is 29.1 Å². The normalized spacial score (nSPS) is 20.0. The zero-order chi connectivity index (χ0) is 18.4. The highest BCUT2D eigenvalue weighted by Crippen LogP contribution is 2.29. The molecule has 0 radical (unpaired) electrons. The molecule has 7 heteroatoms. The molecule has 7 nitrogen and oxygen atoms in total. The number of rotatable bonds is 5. The van der Waals surface area contributed by atoms with Crippen LogP contribution in [0.1, 0.15) is 39.5 Å². The predicted molar refractivity (Wildman–Crippen MR) is 95.4 cm³/mol. The number of hydrogen-bond donors (Lipinski definition) is 4. The summed E-state index contributed by atoms with van der Waals surface area (Å²) in [7, 11) is 0.